The molecule has 1 aromatic rings. The Hall–Kier alpha value is -1.40. The van der Waals surface area contributed by atoms with Crippen LogP contribution in [0.25, 0.3) is 0 Å². The van der Waals surface area contributed by atoms with E-state index in [0.717, 1.165) is 11.3 Å². The van der Waals surface area contributed by atoms with E-state index in [9.17, 15) is 9.90 Å². The van der Waals surface area contributed by atoms with Gasteiger partial charge in [-0.2, -0.15) is 0 Å². The minimum Gasteiger partial charge on any atom is -0.394 e. The minimum absolute atomic E-state index is 0.0658. The molecule has 1 aromatic heterocycles. The van der Waals surface area contributed by atoms with Crippen LogP contribution in [-0.4, -0.2) is 41.5 Å². The van der Waals surface area contributed by atoms with Crippen LogP contribution >= 0.6 is 0 Å². The number of aliphatic hydroxyl groups is 1. The topological polar surface area (TPSA) is 84.6 Å². The summed E-state index contributed by atoms with van der Waals surface area (Å²) in [6.07, 6.45) is 1.50. The molecule has 1 aliphatic heterocycles. The second-order valence-electron chi connectivity index (χ2n) is 5.08. The number of nitrogens with zero attached hydrogens (tertiary/aromatic N) is 1. The molecule has 0 aliphatic carbocycles. The lowest BCUT2D eigenvalue weighted by Crippen LogP contribution is -2.55. The highest BCUT2D eigenvalue weighted by Crippen LogP contribution is 2.21. The van der Waals surface area contributed by atoms with Crippen LogP contribution < -0.4 is 5.32 Å². The molecule has 2 rings (SSSR count). The second-order valence-corrected chi connectivity index (χ2v) is 5.08. The Morgan fingerprint density at radius 1 is 1.42 bits per heavy atom. The summed E-state index contributed by atoms with van der Waals surface area (Å²) >= 11 is 0. The van der Waals surface area contributed by atoms with E-state index in [4.69, 9.17) is 9.26 Å². The van der Waals surface area contributed by atoms with Crippen LogP contribution in [0, 0.1) is 13.8 Å². The number of ether oxygens (including phenoxy) is 1. The summed E-state index contributed by atoms with van der Waals surface area (Å²) in [6, 6.07) is 0. The zero-order valence-corrected chi connectivity index (χ0v) is 11.4. The highest BCUT2D eigenvalue weighted by molar-refractivity contribution is 5.79. The third-order valence-electron chi connectivity index (χ3n) is 3.68. The van der Waals surface area contributed by atoms with Crippen LogP contribution in [0.2, 0.25) is 0 Å². The van der Waals surface area contributed by atoms with Crippen molar-refractivity contribution in [2.75, 3.05) is 19.8 Å². The Kier molecular flexibility index (Phi) is 4.21. The number of aromatic nitrogens is 1. The number of hydrogen-bond donors (Lipinski definition) is 2. The molecule has 0 aromatic carbocycles. The van der Waals surface area contributed by atoms with Crippen molar-refractivity contribution in [2.45, 2.75) is 38.6 Å². The standard InChI is InChI=1S/C13H20N2O4/c1-9-11(10(2)19-15-9)7-12(17)14-13(8-16)3-5-18-6-4-13/h16H,3-8H2,1-2H3,(H,14,17). The zero-order valence-electron chi connectivity index (χ0n) is 11.4. The van der Waals surface area contributed by atoms with Gasteiger partial charge in [0.15, 0.2) is 0 Å². The van der Waals surface area contributed by atoms with Gasteiger partial charge in [0, 0.05) is 18.8 Å². The number of carbonyl (C=O) groups is 1. The molecule has 6 heteroatoms. The summed E-state index contributed by atoms with van der Waals surface area (Å²) in [5.41, 5.74) is 1.00. The quantitative estimate of drug-likeness (QED) is 0.830. The maximum absolute atomic E-state index is 12.1. The van der Waals surface area contributed by atoms with E-state index in [0.29, 0.717) is 31.8 Å². The number of nitrogens with one attached hydrogen (secondary N) is 1. The SMILES string of the molecule is Cc1noc(C)c1CC(=O)NC1(CO)CCOCC1. The minimum atomic E-state index is -0.547. The van der Waals surface area contributed by atoms with Gasteiger partial charge in [-0.25, -0.2) is 0 Å². The van der Waals surface area contributed by atoms with Crippen molar-refractivity contribution in [1.82, 2.24) is 10.5 Å². The third kappa shape index (κ3) is 3.13. The Morgan fingerprint density at radius 3 is 2.63 bits per heavy atom. The first-order chi connectivity index (χ1) is 9.06. The molecule has 1 amide bonds. The summed E-state index contributed by atoms with van der Waals surface area (Å²) in [5, 5.41) is 16.3. The van der Waals surface area contributed by atoms with E-state index in [2.05, 4.69) is 10.5 Å². The molecule has 0 atom stereocenters. The molecule has 6 nitrogen and oxygen atoms in total. The smallest absolute Gasteiger partial charge is 0.225 e. The molecule has 0 bridgehead atoms. The predicted molar refractivity (Wildman–Crippen MR) is 67.7 cm³/mol. The van der Waals surface area contributed by atoms with Gasteiger partial charge >= 0.3 is 0 Å². The zero-order chi connectivity index (χ0) is 13.9. The molecule has 0 spiro atoms. The van der Waals surface area contributed by atoms with Crippen molar-refractivity contribution in [3.8, 4) is 0 Å². The summed E-state index contributed by atoms with van der Waals surface area (Å²) < 4.78 is 10.3. The summed E-state index contributed by atoms with van der Waals surface area (Å²) in [7, 11) is 0. The number of aryl methyl sites for hydroxylation is 2. The number of rotatable bonds is 4. The van der Waals surface area contributed by atoms with E-state index in [1.165, 1.54) is 0 Å². The molecule has 2 N–H and O–H groups in total. The highest BCUT2D eigenvalue weighted by Gasteiger charge is 2.33. The monoisotopic (exact) mass is 268 g/mol. The van der Waals surface area contributed by atoms with Crippen molar-refractivity contribution >= 4 is 5.91 Å². The maximum atomic E-state index is 12.1. The van der Waals surface area contributed by atoms with Crippen LogP contribution in [0.15, 0.2) is 4.52 Å². The summed E-state index contributed by atoms with van der Waals surface area (Å²) in [4.78, 5) is 12.1. The van der Waals surface area contributed by atoms with Gasteiger partial charge in [-0.15, -0.1) is 0 Å². The fraction of sp³-hybridized carbons (Fsp3) is 0.692. The highest BCUT2D eigenvalue weighted by atomic mass is 16.5. The van der Waals surface area contributed by atoms with Gasteiger partial charge in [-0.1, -0.05) is 5.16 Å². The molecule has 106 valence electrons. The number of amides is 1. The Bertz CT molecular complexity index is 430. The summed E-state index contributed by atoms with van der Waals surface area (Å²) in [6.45, 7) is 4.66. The molecule has 19 heavy (non-hydrogen) atoms. The molecular weight excluding hydrogens is 248 g/mol. The van der Waals surface area contributed by atoms with E-state index in [-0.39, 0.29) is 18.9 Å². The van der Waals surface area contributed by atoms with Crippen LogP contribution in [0.1, 0.15) is 29.9 Å². The molecule has 2 heterocycles. The average Bonchev–Trinajstić information content (AvgIpc) is 2.71. The van der Waals surface area contributed by atoms with Gasteiger partial charge in [0.1, 0.15) is 5.76 Å². The van der Waals surface area contributed by atoms with Crippen molar-refractivity contribution in [1.29, 1.82) is 0 Å². The van der Waals surface area contributed by atoms with E-state index in [1.54, 1.807) is 6.92 Å². The fourth-order valence-corrected chi connectivity index (χ4v) is 2.34. The van der Waals surface area contributed by atoms with Gasteiger partial charge in [0.25, 0.3) is 0 Å². The van der Waals surface area contributed by atoms with Crippen molar-refractivity contribution < 1.29 is 19.2 Å². The van der Waals surface area contributed by atoms with Crippen LogP contribution in [0.4, 0.5) is 0 Å². The van der Waals surface area contributed by atoms with E-state index in [1.807, 2.05) is 6.92 Å². The van der Waals surface area contributed by atoms with Crippen LogP contribution in [0.5, 0.6) is 0 Å². The number of carbonyl (C=O) groups excluding carboxylic acids is 1. The molecule has 1 saturated heterocycles. The van der Waals surface area contributed by atoms with E-state index < -0.39 is 5.54 Å². The van der Waals surface area contributed by atoms with Crippen molar-refractivity contribution in [3.63, 3.8) is 0 Å². The predicted octanol–water partition coefficient (Wildman–Crippen LogP) is 0.492. The van der Waals surface area contributed by atoms with Gasteiger partial charge in [-0.05, 0) is 26.7 Å². The average molecular weight is 268 g/mol. The van der Waals surface area contributed by atoms with Crippen LogP contribution in [0.3, 0.4) is 0 Å². The number of aliphatic hydroxyl groups excluding tert-OH is 1. The van der Waals surface area contributed by atoms with Gasteiger partial charge in [0.2, 0.25) is 5.91 Å². The van der Waals surface area contributed by atoms with Gasteiger partial charge < -0.3 is 19.7 Å². The van der Waals surface area contributed by atoms with Gasteiger partial charge in [0.05, 0.1) is 24.3 Å². The van der Waals surface area contributed by atoms with E-state index >= 15 is 0 Å². The lowest BCUT2D eigenvalue weighted by atomic mass is 9.90. The Balaban J connectivity index is 2.00. The third-order valence-corrected chi connectivity index (χ3v) is 3.68. The van der Waals surface area contributed by atoms with Gasteiger partial charge in [-0.3, -0.25) is 4.79 Å². The summed E-state index contributed by atoms with van der Waals surface area (Å²) in [5.74, 6) is 0.544. The Labute approximate surface area is 112 Å². The van der Waals surface area contributed by atoms with Crippen molar-refractivity contribution in [3.05, 3.63) is 17.0 Å². The number of hydrogen-bond acceptors (Lipinski definition) is 5. The first kappa shape index (κ1) is 14.0. The molecule has 1 aliphatic rings. The maximum Gasteiger partial charge on any atom is 0.225 e. The molecule has 0 radical (unpaired) electrons. The Morgan fingerprint density at radius 2 is 2.11 bits per heavy atom. The molecule has 0 saturated carbocycles. The lowest BCUT2D eigenvalue weighted by Gasteiger charge is -2.36. The van der Waals surface area contributed by atoms with Crippen molar-refractivity contribution in [2.24, 2.45) is 0 Å². The first-order valence-corrected chi connectivity index (χ1v) is 6.48. The lowest BCUT2D eigenvalue weighted by molar-refractivity contribution is -0.124. The van der Waals surface area contributed by atoms with Crippen LogP contribution in [-0.2, 0) is 16.0 Å². The largest absolute Gasteiger partial charge is 0.394 e. The first-order valence-electron chi connectivity index (χ1n) is 6.48. The molecular formula is C13H20N2O4. The molecule has 0 unspecified atom stereocenters. The molecule has 1 fully saturated rings. The fourth-order valence-electron chi connectivity index (χ4n) is 2.34. The second kappa shape index (κ2) is 5.71. The normalized spacial score (nSPS) is 18.3.